The molecule has 0 aliphatic heterocycles. The summed E-state index contributed by atoms with van der Waals surface area (Å²) in [4.78, 5) is 0. The van der Waals surface area contributed by atoms with Crippen LogP contribution in [0, 0.1) is 0 Å². The Hall–Kier alpha value is -0.120. The summed E-state index contributed by atoms with van der Waals surface area (Å²) in [6.45, 7) is 0. The standard InChI is InChI=1S/C6H14N2O/c7-4-1-2-5(8)6(9)3-4/h4-6,9H,1-3,7-8H2/t4?,5-,6-/m1/s1. The Morgan fingerprint density at radius 2 is 1.89 bits per heavy atom. The normalized spacial score (nSPS) is 45.0. The highest BCUT2D eigenvalue weighted by Gasteiger charge is 2.23. The van der Waals surface area contributed by atoms with E-state index < -0.39 is 0 Å². The van der Waals surface area contributed by atoms with Gasteiger partial charge in [0.05, 0.1) is 6.10 Å². The number of hydrogen-bond donors (Lipinski definition) is 3. The molecule has 0 amide bonds. The topological polar surface area (TPSA) is 72.3 Å². The van der Waals surface area contributed by atoms with Crippen molar-refractivity contribution in [1.29, 1.82) is 0 Å². The van der Waals surface area contributed by atoms with Crippen LogP contribution in [0.15, 0.2) is 0 Å². The maximum Gasteiger partial charge on any atom is 0.0705 e. The fourth-order valence-electron chi connectivity index (χ4n) is 1.20. The number of aliphatic hydroxyl groups is 1. The van der Waals surface area contributed by atoms with Gasteiger partial charge >= 0.3 is 0 Å². The highest BCUT2D eigenvalue weighted by Crippen LogP contribution is 2.15. The highest BCUT2D eigenvalue weighted by molar-refractivity contribution is 4.83. The van der Waals surface area contributed by atoms with E-state index in [2.05, 4.69) is 0 Å². The molecule has 0 spiro atoms. The third kappa shape index (κ3) is 1.64. The van der Waals surface area contributed by atoms with Gasteiger partial charge in [-0.25, -0.2) is 0 Å². The first kappa shape index (κ1) is 6.99. The van der Waals surface area contributed by atoms with Crippen LogP contribution >= 0.6 is 0 Å². The van der Waals surface area contributed by atoms with Crippen molar-refractivity contribution < 1.29 is 5.11 Å². The third-order valence-electron chi connectivity index (χ3n) is 1.91. The van der Waals surface area contributed by atoms with Gasteiger partial charge in [0.15, 0.2) is 0 Å². The molecule has 3 heteroatoms. The molecular formula is C6H14N2O. The molecule has 0 aromatic rings. The van der Waals surface area contributed by atoms with E-state index >= 15 is 0 Å². The summed E-state index contributed by atoms with van der Waals surface area (Å²) in [5, 5.41) is 9.14. The van der Waals surface area contributed by atoms with Crippen molar-refractivity contribution in [2.24, 2.45) is 11.5 Å². The van der Waals surface area contributed by atoms with Gasteiger partial charge in [-0.2, -0.15) is 0 Å². The number of nitrogens with two attached hydrogens (primary N) is 2. The molecule has 1 rings (SSSR count). The fraction of sp³-hybridized carbons (Fsp3) is 1.00. The second-order valence-corrected chi connectivity index (χ2v) is 2.80. The first-order chi connectivity index (χ1) is 4.20. The van der Waals surface area contributed by atoms with Crippen molar-refractivity contribution >= 4 is 0 Å². The minimum atomic E-state index is -0.367. The van der Waals surface area contributed by atoms with Crippen LogP contribution in [0.5, 0.6) is 0 Å². The van der Waals surface area contributed by atoms with E-state index in [0.29, 0.717) is 6.42 Å². The fourth-order valence-corrected chi connectivity index (χ4v) is 1.20. The lowest BCUT2D eigenvalue weighted by molar-refractivity contribution is 0.0993. The van der Waals surface area contributed by atoms with Crippen LogP contribution < -0.4 is 11.5 Å². The van der Waals surface area contributed by atoms with Gasteiger partial charge in [0.1, 0.15) is 0 Å². The predicted octanol–water partition coefficient (Wildman–Crippen LogP) is -0.814. The molecule has 1 fully saturated rings. The molecule has 0 saturated heterocycles. The van der Waals surface area contributed by atoms with Crippen molar-refractivity contribution in [3.05, 3.63) is 0 Å². The summed E-state index contributed by atoms with van der Waals surface area (Å²) in [7, 11) is 0. The van der Waals surface area contributed by atoms with E-state index in [-0.39, 0.29) is 18.2 Å². The first-order valence-corrected chi connectivity index (χ1v) is 3.39. The smallest absolute Gasteiger partial charge is 0.0705 e. The molecule has 9 heavy (non-hydrogen) atoms. The van der Waals surface area contributed by atoms with Crippen molar-refractivity contribution in [2.45, 2.75) is 37.5 Å². The van der Waals surface area contributed by atoms with Gasteiger partial charge in [-0.15, -0.1) is 0 Å². The Morgan fingerprint density at radius 1 is 1.22 bits per heavy atom. The summed E-state index contributed by atoms with van der Waals surface area (Å²) in [5.74, 6) is 0. The molecule has 0 bridgehead atoms. The molecule has 3 nitrogen and oxygen atoms in total. The SMILES string of the molecule is NC1CC[C@@H](N)[C@H](O)C1. The van der Waals surface area contributed by atoms with Crippen LogP contribution in [0.25, 0.3) is 0 Å². The first-order valence-electron chi connectivity index (χ1n) is 3.39. The molecule has 54 valence electrons. The second-order valence-electron chi connectivity index (χ2n) is 2.80. The summed E-state index contributed by atoms with van der Waals surface area (Å²) < 4.78 is 0. The van der Waals surface area contributed by atoms with E-state index in [1.807, 2.05) is 0 Å². The molecule has 3 atom stereocenters. The molecular weight excluding hydrogens is 116 g/mol. The number of rotatable bonds is 0. The van der Waals surface area contributed by atoms with Gasteiger partial charge in [0.25, 0.3) is 0 Å². The van der Waals surface area contributed by atoms with Crippen molar-refractivity contribution in [3.63, 3.8) is 0 Å². The van der Waals surface area contributed by atoms with Crippen LogP contribution in [0.4, 0.5) is 0 Å². The molecule has 0 heterocycles. The van der Waals surface area contributed by atoms with E-state index in [0.717, 1.165) is 12.8 Å². The zero-order valence-electron chi connectivity index (χ0n) is 5.46. The minimum absolute atomic E-state index is 0.0372. The van der Waals surface area contributed by atoms with E-state index in [1.165, 1.54) is 0 Å². The number of aliphatic hydroxyl groups excluding tert-OH is 1. The predicted molar refractivity (Wildman–Crippen MR) is 35.8 cm³/mol. The lowest BCUT2D eigenvalue weighted by Gasteiger charge is -2.28. The molecule has 1 aliphatic rings. The van der Waals surface area contributed by atoms with Gasteiger partial charge in [0.2, 0.25) is 0 Å². The maximum absolute atomic E-state index is 9.14. The monoisotopic (exact) mass is 130 g/mol. The summed E-state index contributed by atoms with van der Waals surface area (Å²) in [5.41, 5.74) is 11.1. The quantitative estimate of drug-likeness (QED) is 0.401. The van der Waals surface area contributed by atoms with E-state index in [4.69, 9.17) is 16.6 Å². The second kappa shape index (κ2) is 2.64. The van der Waals surface area contributed by atoms with Gasteiger partial charge in [-0.3, -0.25) is 0 Å². The van der Waals surface area contributed by atoms with Crippen LogP contribution in [-0.2, 0) is 0 Å². The Labute approximate surface area is 55.0 Å². The number of hydrogen-bond acceptors (Lipinski definition) is 3. The van der Waals surface area contributed by atoms with Crippen molar-refractivity contribution in [2.75, 3.05) is 0 Å². The highest BCUT2D eigenvalue weighted by atomic mass is 16.3. The summed E-state index contributed by atoms with van der Waals surface area (Å²) in [6, 6.07) is 0.129. The van der Waals surface area contributed by atoms with Gasteiger partial charge < -0.3 is 16.6 Å². The average molecular weight is 130 g/mol. The van der Waals surface area contributed by atoms with E-state index in [9.17, 15) is 0 Å². The Balaban J connectivity index is 2.35. The lowest BCUT2D eigenvalue weighted by Crippen LogP contribution is -2.44. The van der Waals surface area contributed by atoms with E-state index in [1.54, 1.807) is 0 Å². The van der Waals surface area contributed by atoms with Crippen LogP contribution in [-0.4, -0.2) is 23.3 Å². The maximum atomic E-state index is 9.14. The third-order valence-corrected chi connectivity index (χ3v) is 1.91. The van der Waals surface area contributed by atoms with Gasteiger partial charge in [-0.05, 0) is 19.3 Å². The molecule has 0 aromatic carbocycles. The molecule has 1 aliphatic carbocycles. The van der Waals surface area contributed by atoms with Crippen molar-refractivity contribution in [3.8, 4) is 0 Å². The zero-order valence-corrected chi connectivity index (χ0v) is 5.46. The largest absolute Gasteiger partial charge is 0.391 e. The Bertz CT molecular complexity index is 97.1. The Morgan fingerprint density at radius 3 is 2.33 bits per heavy atom. The Kier molecular flexibility index (Phi) is 2.05. The molecule has 1 unspecified atom stereocenters. The van der Waals surface area contributed by atoms with Crippen LogP contribution in [0.3, 0.4) is 0 Å². The van der Waals surface area contributed by atoms with Crippen LogP contribution in [0.2, 0.25) is 0 Å². The molecule has 0 radical (unpaired) electrons. The van der Waals surface area contributed by atoms with Crippen LogP contribution in [0.1, 0.15) is 19.3 Å². The minimum Gasteiger partial charge on any atom is -0.391 e. The molecule has 0 aromatic heterocycles. The summed E-state index contributed by atoms with van der Waals surface area (Å²) in [6.07, 6.45) is 2.12. The molecule has 5 N–H and O–H groups in total. The lowest BCUT2D eigenvalue weighted by atomic mass is 9.90. The van der Waals surface area contributed by atoms with Gasteiger partial charge in [0, 0.05) is 12.1 Å². The van der Waals surface area contributed by atoms with Gasteiger partial charge in [-0.1, -0.05) is 0 Å². The summed E-state index contributed by atoms with van der Waals surface area (Å²) >= 11 is 0. The zero-order chi connectivity index (χ0) is 6.85. The molecule has 1 saturated carbocycles. The average Bonchev–Trinajstić information content (AvgIpc) is 1.80. The van der Waals surface area contributed by atoms with Crippen molar-refractivity contribution in [1.82, 2.24) is 0 Å².